The molecule has 126 valence electrons. The number of anilines is 2. The van der Waals surface area contributed by atoms with E-state index in [1.807, 2.05) is 37.4 Å². The molecule has 1 heterocycles. The van der Waals surface area contributed by atoms with Crippen LogP contribution in [0.4, 0.5) is 11.5 Å². The van der Waals surface area contributed by atoms with Crippen molar-refractivity contribution in [1.82, 2.24) is 9.97 Å². The summed E-state index contributed by atoms with van der Waals surface area (Å²) in [7, 11) is 0. The van der Waals surface area contributed by atoms with Crippen LogP contribution < -0.4 is 10.6 Å². The highest BCUT2D eigenvalue weighted by Gasteiger charge is 2.04. The second-order valence-electron chi connectivity index (χ2n) is 5.34. The maximum Gasteiger partial charge on any atom is 0.132 e. The van der Waals surface area contributed by atoms with Crippen LogP contribution in [0, 0.1) is 12.3 Å². The van der Waals surface area contributed by atoms with E-state index in [2.05, 4.69) is 27.5 Å². The molecule has 2 rings (SSSR count). The second kappa shape index (κ2) is 9.03. The van der Waals surface area contributed by atoms with Crippen LogP contribution in [-0.4, -0.2) is 22.7 Å². The third kappa shape index (κ3) is 5.06. The molecule has 0 radical (unpaired) electrons. The van der Waals surface area contributed by atoms with Crippen molar-refractivity contribution in [3.05, 3.63) is 58.6 Å². The fraction of sp³-hybridized carbons (Fsp3) is 0.278. The summed E-state index contributed by atoms with van der Waals surface area (Å²) in [4.78, 5) is 8.55. The minimum Gasteiger partial charge on any atom is -0.369 e. The van der Waals surface area contributed by atoms with Gasteiger partial charge in [0.15, 0.2) is 0 Å². The van der Waals surface area contributed by atoms with Crippen molar-refractivity contribution < 1.29 is 0 Å². The minimum atomic E-state index is 0.699. The summed E-state index contributed by atoms with van der Waals surface area (Å²) in [5, 5.41) is 14.7. The van der Waals surface area contributed by atoms with Gasteiger partial charge in [0.25, 0.3) is 0 Å². The van der Waals surface area contributed by atoms with Gasteiger partial charge in [-0.05, 0) is 49.6 Å². The maximum absolute atomic E-state index is 7.54. The molecule has 0 bridgehead atoms. The number of hydrogen-bond acceptors (Lipinski definition) is 5. The Hall–Kier alpha value is -2.40. The fourth-order valence-electron chi connectivity index (χ4n) is 2.25. The predicted molar refractivity (Wildman–Crippen MR) is 101 cm³/mol. The number of halogens is 1. The number of aryl methyl sites for hydroxylation is 1. The third-order valence-corrected chi connectivity index (χ3v) is 3.94. The highest BCUT2D eigenvalue weighted by Crippen LogP contribution is 2.15. The Balaban J connectivity index is 1.90. The van der Waals surface area contributed by atoms with Crippen LogP contribution in [0.3, 0.4) is 0 Å². The van der Waals surface area contributed by atoms with Gasteiger partial charge in [-0.2, -0.15) is 0 Å². The van der Waals surface area contributed by atoms with Gasteiger partial charge >= 0.3 is 0 Å². The van der Waals surface area contributed by atoms with E-state index in [1.165, 1.54) is 6.21 Å². The first-order valence-electron chi connectivity index (χ1n) is 7.90. The number of aromatic nitrogens is 2. The normalized spacial score (nSPS) is 11.2. The lowest BCUT2D eigenvalue weighted by atomic mass is 10.2. The van der Waals surface area contributed by atoms with Crippen LogP contribution in [0.5, 0.6) is 0 Å². The van der Waals surface area contributed by atoms with E-state index in [0.29, 0.717) is 11.6 Å². The fourth-order valence-corrected chi connectivity index (χ4v) is 2.38. The summed E-state index contributed by atoms with van der Waals surface area (Å²) in [6.07, 6.45) is 6.38. The first-order chi connectivity index (χ1) is 11.6. The van der Waals surface area contributed by atoms with E-state index in [0.717, 1.165) is 41.2 Å². The van der Waals surface area contributed by atoms with Crippen LogP contribution in [-0.2, 0) is 6.42 Å². The van der Waals surface area contributed by atoms with Crippen LogP contribution in [0.2, 0.25) is 5.02 Å². The lowest BCUT2D eigenvalue weighted by Crippen LogP contribution is -2.09. The van der Waals surface area contributed by atoms with Crippen molar-refractivity contribution >= 4 is 29.3 Å². The second-order valence-corrected chi connectivity index (χ2v) is 5.78. The molecule has 3 N–H and O–H groups in total. The summed E-state index contributed by atoms with van der Waals surface area (Å²) >= 11 is 5.86. The van der Waals surface area contributed by atoms with Crippen LogP contribution in [0.25, 0.3) is 0 Å². The summed E-state index contributed by atoms with van der Waals surface area (Å²) in [6, 6.07) is 7.45. The van der Waals surface area contributed by atoms with E-state index in [9.17, 15) is 0 Å². The maximum atomic E-state index is 7.54. The lowest BCUT2D eigenvalue weighted by Gasteiger charge is -2.11. The molecule has 0 aliphatic carbocycles. The standard InChI is InChI=1S/C18H22ClN5/c1-3-17-13(2)18(24-12-23-17)21-9-8-14(10-20)11-22-16-6-4-15(19)5-7-16/h4-7,10-12,20,22H,3,8-9H2,1-2H3,(H,21,23,24)/b14-11-,20-10?. The highest BCUT2D eigenvalue weighted by molar-refractivity contribution is 6.30. The zero-order valence-electron chi connectivity index (χ0n) is 13.9. The molecule has 24 heavy (non-hydrogen) atoms. The van der Waals surface area contributed by atoms with Crippen molar-refractivity contribution in [3.63, 3.8) is 0 Å². The molecule has 5 nitrogen and oxygen atoms in total. The van der Waals surface area contributed by atoms with E-state index in [-0.39, 0.29) is 0 Å². The number of nitrogens with zero attached hydrogens (tertiary/aromatic N) is 2. The molecule has 0 saturated heterocycles. The molecule has 0 fully saturated rings. The van der Waals surface area contributed by atoms with Gasteiger partial charge in [-0.15, -0.1) is 0 Å². The average Bonchev–Trinajstić information content (AvgIpc) is 2.60. The van der Waals surface area contributed by atoms with E-state index in [4.69, 9.17) is 17.0 Å². The molecule has 0 unspecified atom stereocenters. The first kappa shape index (κ1) is 17.9. The Kier molecular flexibility index (Phi) is 6.75. The number of hydrogen-bond donors (Lipinski definition) is 3. The molecule has 0 atom stereocenters. The molecule has 1 aromatic heterocycles. The summed E-state index contributed by atoms with van der Waals surface area (Å²) in [5.74, 6) is 0.858. The largest absolute Gasteiger partial charge is 0.369 e. The monoisotopic (exact) mass is 343 g/mol. The summed E-state index contributed by atoms with van der Waals surface area (Å²) < 4.78 is 0. The van der Waals surface area contributed by atoms with Crippen molar-refractivity contribution in [3.8, 4) is 0 Å². The molecular formula is C18H22ClN5. The van der Waals surface area contributed by atoms with Gasteiger partial charge in [-0.3, -0.25) is 0 Å². The smallest absolute Gasteiger partial charge is 0.132 e. The quantitative estimate of drug-likeness (QED) is 0.619. The van der Waals surface area contributed by atoms with Crippen molar-refractivity contribution in [2.75, 3.05) is 17.2 Å². The summed E-state index contributed by atoms with van der Waals surface area (Å²) in [6.45, 7) is 4.80. The molecule has 1 aromatic carbocycles. The van der Waals surface area contributed by atoms with E-state index in [1.54, 1.807) is 6.33 Å². The van der Waals surface area contributed by atoms with Crippen molar-refractivity contribution in [2.24, 2.45) is 0 Å². The zero-order chi connectivity index (χ0) is 17.4. The topological polar surface area (TPSA) is 73.7 Å². The van der Waals surface area contributed by atoms with Gasteiger partial charge in [0.2, 0.25) is 0 Å². The van der Waals surface area contributed by atoms with Crippen LogP contribution in [0.15, 0.2) is 42.4 Å². The number of rotatable bonds is 8. The lowest BCUT2D eigenvalue weighted by molar-refractivity contribution is 0.950. The molecule has 6 heteroatoms. The van der Waals surface area contributed by atoms with Gasteiger partial charge in [-0.1, -0.05) is 18.5 Å². The number of benzene rings is 1. The Morgan fingerprint density at radius 1 is 1.25 bits per heavy atom. The van der Waals surface area contributed by atoms with Crippen LogP contribution >= 0.6 is 11.6 Å². The molecule has 0 saturated carbocycles. The van der Waals surface area contributed by atoms with Gasteiger partial charge in [0, 0.05) is 40.9 Å². The number of nitrogens with one attached hydrogen (secondary N) is 3. The summed E-state index contributed by atoms with van der Waals surface area (Å²) in [5.41, 5.74) is 3.96. The van der Waals surface area contributed by atoms with Gasteiger partial charge in [0.05, 0.1) is 0 Å². The van der Waals surface area contributed by atoms with E-state index >= 15 is 0 Å². The molecular weight excluding hydrogens is 322 g/mol. The molecule has 0 aliphatic heterocycles. The van der Waals surface area contributed by atoms with Crippen LogP contribution in [0.1, 0.15) is 24.6 Å². The average molecular weight is 344 g/mol. The van der Waals surface area contributed by atoms with Crippen molar-refractivity contribution in [2.45, 2.75) is 26.7 Å². The highest BCUT2D eigenvalue weighted by atomic mass is 35.5. The molecule has 0 amide bonds. The van der Waals surface area contributed by atoms with E-state index < -0.39 is 0 Å². The zero-order valence-corrected chi connectivity index (χ0v) is 14.7. The Morgan fingerprint density at radius 3 is 2.67 bits per heavy atom. The molecule has 0 spiro atoms. The molecule has 2 aromatic rings. The Labute approximate surface area is 147 Å². The first-order valence-corrected chi connectivity index (χ1v) is 8.27. The predicted octanol–water partition coefficient (Wildman–Crippen LogP) is 4.45. The van der Waals surface area contributed by atoms with Gasteiger partial charge < -0.3 is 16.0 Å². The molecule has 0 aliphatic rings. The Bertz CT molecular complexity index is 710. The van der Waals surface area contributed by atoms with Crippen molar-refractivity contribution in [1.29, 1.82) is 5.41 Å². The Morgan fingerprint density at radius 2 is 2.00 bits per heavy atom. The van der Waals surface area contributed by atoms with Gasteiger partial charge in [0.1, 0.15) is 12.1 Å². The SMILES string of the molecule is CCc1ncnc(NCC/C(C=N)=C/Nc2ccc(Cl)cc2)c1C. The van der Waals surface area contributed by atoms with Gasteiger partial charge in [-0.25, -0.2) is 9.97 Å². The minimum absolute atomic E-state index is 0.699. The third-order valence-electron chi connectivity index (χ3n) is 3.68.